The van der Waals surface area contributed by atoms with Gasteiger partial charge in [0.2, 0.25) is 0 Å². The second-order valence-electron chi connectivity index (χ2n) is 4.55. The van der Waals surface area contributed by atoms with E-state index >= 15 is 0 Å². The minimum Gasteiger partial charge on any atom is -0.324 e. The molecule has 100 valence electrons. The topological polar surface area (TPSA) is 26.0 Å². The van der Waals surface area contributed by atoms with E-state index in [0.717, 1.165) is 31.5 Å². The first-order chi connectivity index (χ1) is 8.97. The minimum absolute atomic E-state index is 0.0591. The Bertz CT molecular complexity index is 599. The Labute approximate surface area is 135 Å². The van der Waals surface area contributed by atoms with Gasteiger partial charge in [0.25, 0.3) is 0 Å². The summed E-state index contributed by atoms with van der Waals surface area (Å²) in [6.07, 6.45) is 0.726. The smallest absolute Gasteiger partial charge is 0.0449 e. The fourth-order valence-electron chi connectivity index (χ4n) is 2.04. The highest BCUT2D eigenvalue weighted by molar-refractivity contribution is 9.10. The Morgan fingerprint density at radius 3 is 2.42 bits per heavy atom. The van der Waals surface area contributed by atoms with Gasteiger partial charge in [0.1, 0.15) is 0 Å². The number of benzene rings is 2. The molecule has 2 rings (SSSR count). The van der Waals surface area contributed by atoms with Crippen LogP contribution in [0.1, 0.15) is 22.7 Å². The molecule has 0 saturated heterocycles. The third-order valence-corrected chi connectivity index (χ3v) is 4.43. The highest BCUT2D eigenvalue weighted by atomic mass is 79.9. The molecule has 0 heterocycles. The maximum atomic E-state index is 6.31. The molecule has 2 aromatic rings. The van der Waals surface area contributed by atoms with Crippen molar-refractivity contribution in [2.75, 3.05) is 0 Å². The van der Waals surface area contributed by atoms with Gasteiger partial charge in [0.05, 0.1) is 0 Å². The van der Waals surface area contributed by atoms with Crippen molar-refractivity contribution >= 4 is 43.5 Å². The molecule has 0 bridgehead atoms. The fraction of sp³-hybridized carbons (Fsp3) is 0.200. The highest BCUT2D eigenvalue weighted by Gasteiger charge is 2.12. The molecule has 1 unspecified atom stereocenters. The van der Waals surface area contributed by atoms with Crippen molar-refractivity contribution in [3.8, 4) is 0 Å². The standard InChI is InChI=1S/C15H14Br2ClN/c1-9-2-4-11(16)7-13(9)15(19)6-10-3-5-12(17)8-14(10)18/h2-5,7-8,15H,6,19H2,1H3. The van der Waals surface area contributed by atoms with Gasteiger partial charge in [-0.15, -0.1) is 0 Å². The van der Waals surface area contributed by atoms with Gasteiger partial charge in [-0.05, 0) is 54.3 Å². The SMILES string of the molecule is Cc1ccc(Br)cc1C(N)Cc1ccc(Br)cc1Cl. The summed E-state index contributed by atoms with van der Waals surface area (Å²) in [4.78, 5) is 0. The first-order valence-corrected chi connectivity index (χ1v) is 7.89. The predicted octanol–water partition coefficient (Wildman–Crippen LogP) is 5.42. The quantitative estimate of drug-likeness (QED) is 0.728. The first-order valence-electron chi connectivity index (χ1n) is 5.93. The van der Waals surface area contributed by atoms with Gasteiger partial charge < -0.3 is 5.73 Å². The van der Waals surface area contributed by atoms with E-state index < -0.39 is 0 Å². The molecule has 0 aliphatic heterocycles. The lowest BCUT2D eigenvalue weighted by molar-refractivity contribution is 0.716. The number of nitrogens with two attached hydrogens (primary N) is 1. The van der Waals surface area contributed by atoms with Gasteiger partial charge in [-0.1, -0.05) is 55.6 Å². The Hall–Kier alpha value is -0.350. The van der Waals surface area contributed by atoms with Crippen LogP contribution in [0.3, 0.4) is 0 Å². The fourth-order valence-corrected chi connectivity index (χ4v) is 3.17. The Balaban J connectivity index is 2.25. The molecule has 0 amide bonds. The average molecular weight is 404 g/mol. The van der Waals surface area contributed by atoms with Crippen molar-refractivity contribution in [2.45, 2.75) is 19.4 Å². The van der Waals surface area contributed by atoms with Gasteiger partial charge in [-0.2, -0.15) is 0 Å². The zero-order valence-electron chi connectivity index (χ0n) is 10.5. The molecule has 0 aliphatic rings. The minimum atomic E-state index is -0.0591. The van der Waals surface area contributed by atoms with E-state index in [1.165, 1.54) is 5.56 Å². The molecule has 0 aromatic heterocycles. The number of hydrogen-bond acceptors (Lipinski definition) is 1. The van der Waals surface area contributed by atoms with E-state index in [9.17, 15) is 0 Å². The van der Waals surface area contributed by atoms with Crippen LogP contribution in [-0.4, -0.2) is 0 Å². The average Bonchev–Trinajstić information content (AvgIpc) is 2.35. The Morgan fingerprint density at radius 1 is 1.11 bits per heavy atom. The van der Waals surface area contributed by atoms with Gasteiger partial charge in [0.15, 0.2) is 0 Å². The van der Waals surface area contributed by atoms with E-state index in [4.69, 9.17) is 17.3 Å². The lowest BCUT2D eigenvalue weighted by Crippen LogP contribution is -2.15. The second kappa shape index (κ2) is 6.40. The Kier molecular flexibility index (Phi) is 5.07. The normalized spacial score (nSPS) is 12.5. The number of halogens is 3. The molecule has 0 fully saturated rings. The van der Waals surface area contributed by atoms with Crippen LogP contribution in [0.2, 0.25) is 5.02 Å². The van der Waals surface area contributed by atoms with E-state index in [2.05, 4.69) is 50.9 Å². The molecular weight excluding hydrogens is 389 g/mol. The zero-order chi connectivity index (χ0) is 14.0. The van der Waals surface area contributed by atoms with Crippen LogP contribution in [0.4, 0.5) is 0 Å². The summed E-state index contributed by atoms with van der Waals surface area (Å²) in [6.45, 7) is 2.07. The number of aryl methyl sites for hydroxylation is 1. The van der Waals surface area contributed by atoms with Crippen LogP contribution in [-0.2, 0) is 6.42 Å². The maximum Gasteiger partial charge on any atom is 0.0449 e. The van der Waals surface area contributed by atoms with Crippen molar-refractivity contribution in [1.82, 2.24) is 0 Å². The molecule has 0 radical (unpaired) electrons. The summed E-state index contributed by atoms with van der Waals surface area (Å²) >= 11 is 13.1. The van der Waals surface area contributed by atoms with E-state index in [0.29, 0.717) is 0 Å². The molecule has 0 spiro atoms. The molecule has 4 heteroatoms. The summed E-state index contributed by atoms with van der Waals surface area (Å²) < 4.78 is 2.03. The number of hydrogen-bond donors (Lipinski definition) is 1. The van der Waals surface area contributed by atoms with E-state index in [-0.39, 0.29) is 6.04 Å². The van der Waals surface area contributed by atoms with Crippen LogP contribution >= 0.6 is 43.5 Å². The lowest BCUT2D eigenvalue weighted by atomic mass is 9.96. The van der Waals surface area contributed by atoms with Crippen molar-refractivity contribution < 1.29 is 0 Å². The van der Waals surface area contributed by atoms with E-state index in [1.54, 1.807) is 0 Å². The van der Waals surface area contributed by atoms with Crippen molar-refractivity contribution in [3.63, 3.8) is 0 Å². The van der Waals surface area contributed by atoms with Crippen molar-refractivity contribution in [3.05, 3.63) is 67.1 Å². The Morgan fingerprint density at radius 2 is 1.74 bits per heavy atom. The summed E-state index contributed by atoms with van der Waals surface area (Å²) in [5.41, 5.74) is 9.72. The van der Waals surface area contributed by atoms with Crippen LogP contribution in [0.5, 0.6) is 0 Å². The second-order valence-corrected chi connectivity index (χ2v) is 6.79. The summed E-state index contributed by atoms with van der Waals surface area (Å²) in [7, 11) is 0. The third-order valence-electron chi connectivity index (χ3n) is 3.10. The van der Waals surface area contributed by atoms with Crippen LogP contribution in [0.15, 0.2) is 45.3 Å². The maximum absolute atomic E-state index is 6.31. The molecular formula is C15H14Br2ClN. The lowest BCUT2D eigenvalue weighted by Gasteiger charge is -2.16. The molecule has 2 N–H and O–H groups in total. The monoisotopic (exact) mass is 401 g/mol. The van der Waals surface area contributed by atoms with Crippen molar-refractivity contribution in [2.24, 2.45) is 5.73 Å². The van der Waals surface area contributed by atoms with Gasteiger partial charge in [-0.3, -0.25) is 0 Å². The molecule has 1 nitrogen and oxygen atoms in total. The van der Waals surface area contributed by atoms with Crippen LogP contribution in [0, 0.1) is 6.92 Å². The van der Waals surface area contributed by atoms with Crippen molar-refractivity contribution in [1.29, 1.82) is 0 Å². The van der Waals surface area contributed by atoms with Crippen LogP contribution in [0.25, 0.3) is 0 Å². The zero-order valence-corrected chi connectivity index (χ0v) is 14.4. The highest BCUT2D eigenvalue weighted by Crippen LogP contribution is 2.27. The molecule has 1 atom stereocenters. The molecule has 2 aromatic carbocycles. The van der Waals surface area contributed by atoms with Gasteiger partial charge in [0, 0.05) is 20.0 Å². The molecule has 19 heavy (non-hydrogen) atoms. The third kappa shape index (κ3) is 3.82. The largest absolute Gasteiger partial charge is 0.324 e. The van der Waals surface area contributed by atoms with E-state index in [1.807, 2.05) is 24.3 Å². The number of rotatable bonds is 3. The summed E-state index contributed by atoms with van der Waals surface area (Å²) in [6, 6.07) is 12.0. The summed E-state index contributed by atoms with van der Waals surface area (Å²) in [5, 5.41) is 0.748. The van der Waals surface area contributed by atoms with Crippen LogP contribution < -0.4 is 5.73 Å². The molecule has 0 saturated carbocycles. The van der Waals surface area contributed by atoms with Gasteiger partial charge in [-0.25, -0.2) is 0 Å². The summed E-state index contributed by atoms with van der Waals surface area (Å²) in [5.74, 6) is 0. The van der Waals surface area contributed by atoms with Gasteiger partial charge >= 0.3 is 0 Å². The predicted molar refractivity (Wildman–Crippen MR) is 88.7 cm³/mol. The molecule has 0 aliphatic carbocycles. The first kappa shape index (κ1) is 15.0.